The van der Waals surface area contributed by atoms with Crippen molar-refractivity contribution in [3.8, 4) is 0 Å². The van der Waals surface area contributed by atoms with E-state index in [9.17, 15) is 0 Å². The summed E-state index contributed by atoms with van der Waals surface area (Å²) in [6.45, 7) is 6.40. The van der Waals surface area contributed by atoms with Crippen molar-refractivity contribution >= 4 is 22.9 Å². The van der Waals surface area contributed by atoms with Gasteiger partial charge in [-0.1, -0.05) is 13.3 Å². The number of rotatable bonds is 6. The Labute approximate surface area is 102 Å². The molecule has 0 fully saturated rings. The molecule has 1 nitrogen and oxygen atoms in total. The number of hydrogen-bond donors (Lipinski definition) is 0. The van der Waals surface area contributed by atoms with Crippen LogP contribution < -0.4 is 0 Å². The first kappa shape index (κ1) is 13.0. The zero-order valence-electron chi connectivity index (χ0n) is 9.85. The van der Waals surface area contributed by atoms with Gasteiger partial charge in [-0.15, -0.1) is 22.9 Å². The Hall–Kier alpha value is -0.0800. The van der Waals surface area contributed by atoms with Gasteiger partial charge in [0.25, 0.3) is 0 Å². The van der Waals surface area contributed by atoms with Crippen molar-refractivity contribution in [3.63, 3.8) is 0 Å². The second-order valence-corrected chi connectivity index (χ2v) is 5.93. The van der Waals surface area contributed by atoms with Crippen molar-refractivity contribution in [2.24, 2.45) is 0 Å². The summed E-state index contributed by atoms with van der Waals surface area (Å²) in [6.07, 6.45) is 5.70. The molecule has 0 radical (unpaired) electrons. The van der Waals surface area contributed by atoms with Gasteiger partial charge in [0.05, 0.1) is 10.7 Å². The lowest BCUT2D eigenvalue weighted by atomic mass is 10.1. The van der Waals surface area contributed by atoms with Crippen molar-refractivity contribution in [1.29, 1.82) is 0 Å². The van der Waals surface area contributed by atoms with E-state index in [0.29, 0.717) is 5.38 Å². The molecule has 0 aliphatic carbocycles. The Kier molecular flexibility index (Phi) is 5.62. The number of aryl methyl sites for hydroxylation is 3. The third-order valence-corrected chi connectivity index (χ3v) is 4.15. The van der Waals surface area contributed by atoms with Crippen molar-refractivity contribution in [1.82, 2.24) is 4.98 Å². The van der Waals surface area contributed by atoms with Gasteiger partial charge in [-0.25, -0.2) is 4.98 Å². The molecule has 0 aliphatic heterocycles. The fourth-order valence-electron chi connectivity index (χ4n) is 1.58. The molecule has 0 N–H and O–H groups in total. The highest BCUT2D eigenvalue weighted by molar-refractivity contribution is 7.11. The van der Waals surface area contributed by atoms with Gasteiger partial charge in [-0.2, -0.15) is 0 Å². The minimum absolute atomic E-state index is 0.358. The summed E-state index contributed by atoms with van der Waals surface area (Å²) in [7, 11) is 0. The predicted octanol–water partition coefficient (Wildman–Crippen LogP) is 4.49. The molecule has 1 rings (SSSR count). The molecule has 0 spiro atoms. The summed E-state index contributed by atoms with van der Waals surface area (Å²) in [6, 6.07) is 0. The first-order chi connectivity index (χ1) is 7.13. The summed E-state index contributed by atoms with van der Waals surface area (Å²) in [5.41, 5.74) is 1.19. The number of alkyl halides is 1. The number of aromatic nitrogens is 1. The zero-order chi connectivity index (χ0) is 11.3. The normalized spacial score (nSPS) is 13.1. The lowest BCUT2D eigenvalue weighted by Gasteiger charge is -2.05. The maximum atomic E-state index is 6.17. The Balaban J connectivity index is 2.25. The van der Waals surface area contributed by atoms with Gasteiger partial charge in [0.1, 0.15) is 0 Å². The van der Waals surface area contributed by atoms with E-state index in [-0.39, 0.29) is 0 Å². The van der Waals surface area contributed by atoms with E-state index >= 15 is 0 Å². The highest BCUT2D eigenvalue weighted by atomic mass is 35.5. The quantitative estimate of drug-likeness (QED) is 0.673. The van der Waals surface area contributed by atoms with E-state index in [2.05, 4.69) is 25.8 Å². The van der Waals surface area contributed by atoms with Crippen molar-refractivity contribution in [2.75, 3.05) is 0 Å². The van der Waals surface area contributed by atoms with Gasteiger partial charge in [-0.3, -0.25) is 0 Å². The fraction of sp³-hybridized carbons (Fsp3) is 0.750. The van der Waals surface area contributed by atoms with E-state index in [1.807, 2.05) is 11.3 Å². The Bertz CT molecular complexity index is 276. The highest BCUT2D eigenvalue weighted by Crippen LogP contribution is 2.20. The van der Waals surface area contributed by atoms with E-state index in [4.69, 9.17) is 11.6 Å². The molecule has 0 bridgehead atoms. The first-order valence-electron chi connectivity index (χ1n) is 5.70. The maximum absolute atomic E-state index is 6.17. The number of nitrogens with zero attached hydrogens (tertiary/aromatic N) is 1. The minimum Gasteiger partial charge on any atom is -0.246 e. The number of thiazole rings is 1. The molecule has 86 valence electrons. The fourth-order valence-corrected chi connectivity index (χ4v) is 2.93. The van der Waals surface area contributed by atoms with E-state index in [1.54, 1.807) is 0 Å². The number of hydrogen-bond acceptors (Lipinski definition) is 2. The molecule has 0 amide bonds. The third-order valence-electron chi connectivity index (χ3n) is 2.58. The Morgan fingerprint density at radius 2 is 2.07 bits per heavy atom. The molecular formula is C12H20ClNS. The van der Waals surface area contributed by atoms with Gasteiger partial charge in [-0.05, 0) is 39.5 Å². The minimum atomic E-state index is 0.358. The van der Waals surface area contributed by atoms with E-state index in [0.717, 1.165) is 19.3 Å². The maximum Gasteiger partial charge on any atom is 0.0930 e. The van der Waals surface area contributed by atoms with Gasteiger partial charge < -0.3 is 0 Å². The van der Waals surface area contributed by atoms with Crippen LogP contribution in [0, 0.1) is 13.8 Å². The molecule has 1 aromatic rings. The predicted molar refractivity (Wildman–Crippen MR) is 69.1 cm³/mol. The first-order valence-corrected chi connectivity index (χ1v) is 6.95. The van der Waals surface area contributed by atoms with Crippen LogP contribution in [0.5, 0.6) is 0 Å². The Morgan fingerprint density at radius 1 is 1.33 bits per heavy atom. The van der Waals surface area contributed by atoms with Crippen LogP contribution in [0.3, 0.4) is 0 Å². The van der Waals surface area contributed by atoms with E-state index in [1.165, 1.54) is 28.4 Å². The molecule has 1 atom stereocenters. The third kappa shape index (κ3) is 4.52. The highest BCUT2D eigenvalue weighted by Gasteiger charge is 2.06. The second kappa shape index (κ2) is 6.49. The summed E-state index contributed by atoms with van der Waals surface area (Å²) in [5, 5.41) is 1.63. The summed E-state index contributed by atoms with van der Waals surface area (Å²) >= 11 is 7.99. The van der Waals surface area contributed by atoms with Crippen LogP contribution in [-0.4, -0.2) is 10.4 Å². The number of halogens is 1. The lowest BCUT2D eigenvalue weighted by Crippen LogP contribution is -1.98. The standard InChI is InChI=1S/C12H20ClNS/c1-4-6-11(13)7-5-8-12-14-9(2)10(3)15-12/h11H,4-8H2,1-3H3. The van der Waals surface area contributed by atoms with Crippen LogP contribution in [0.4, 0.5) is 0 Å². The SMILES string of the molecule is CCCC(Cl)CCCc1nc(C)c(C)s1. The summed E-state index contributed by atoms with van der Waals surface area (Å²) < 4.78 is 0. The van der Waals surface area contributed by atoms with Crippen molar-refractivity contribution in [2.45, 2.75) is 58.3 Å². The van der Waals surface area contributed by atoms with Gasteiger partial charge in [0.15, 0.2) is 0 Å². The van der Waals surface area contributed by atoms with Crippen molar-refractivity contribution < 1.29 is 0 Å². The van der Waals surface area contributed by atoms with Crippen LogP contribution in [-0.2, 0) is 6.42 Å². The van der Waals surface area contributed by atoms with Crippen molar-refractivity contribution in [3.05, 3.63) is 15.6 Å². The topological polar surface area (TPSA) is 12.9 Å². The molecule has 0 aromatic carbocycles. The van der Waals surface area contributed by atoms with Crippen LogP contribution in [0.2, 0.25) is 0 Å². The van der Waals surface area contributed by atoms with Gasteiger partial charge >= 0.3 is 0 Å². The molecule has 0 saturated carbocycles. The van der Waals surface area contributed by atoms with Crippen LogP contribution in [0.1, 0.15) is 48.2 Å². The van der Waals surface area contributed by atoms with Crippen LogP contribution in [0.15, 0.2) is 0 Å². The average molecular weight is 246 g/mol. The monoisotopic (exact) mass is 245 g/mol. The molecule has 0 aliphatic rings. The molecule has 3 heteroatoms. The van der Waals surface area contributed by atoms with Gasteiger partial charge in [0, 0.05) is 10.3 Å². The van der Waals surface area contributed by atoms with Crippen LogP contribution in [0.25, 0.3) is 0 Å². The Morgan fingerprint density at radius 3 is 2.60 bits per heavy atom. The lowest BCUT2D eigenvalue weighted by molar-refractivity contribution is 0.639. The summed E-state index contributed by atoms with van der Waals surface area (Å²) in [5.74, 6) is 0. The summed E-state index contributed by atoms with van der Waals surface area (Å²) in [4.78, 5) is 5.88. The smallest absolute Gasteiger partial charge is 0.0930 e. The van der Waals surface area contributed by atoms with Crippen LogP contribution >= 0.6 is 22.9 Å². The largest absolute Gasteiger partial charge is 0.246 e. The molecule has 0 saturated heterocycles. The molecule has 1 unspecified atom stereocenters. The average Bonchev–Trinajstić information content (AvgIpc) is 2.46. The molecule has 1 aromatic heterocycles. The zero-order valence-corrected chi connectivity index (χ0v) is 11.4. The van der Waals surface area contributed by atoms with Gasteiger partial charge in [0.2, 0.25) is 0 Å². The second-order valence-electron chi connectivity index (χ2n) is 4.03. The molecular weight excluding hydrogens is 226 g/mol. The van der Waals surface area contributed by atoms with E-state index < -0.39 is 0 Å². The molecule has 15 heavy (non-hydrogen) atoms. The molecule has 1 heterocycles.